The highest BCUT2D eigenvalue weighted by atomic mass is 32.2. The highest BCUT2D eigenvalue weighted by molar-refractivity contribution is 7.87. The van der Waals surface area contributed by atoms with Gasteiger partial charge in [-0.2, -0.15) is 8.42 Å². The van der Waals surface area contributed by atoms with Gasteiger partial charge in [-0.3, -0.25) is 4.79 Å². The van der Waals surface area contributed by atoms with Gasteiger partial charge in [0.05, 0.1) is 11.3 Å². The van der Waals surface area contributed by atoms with Crippen LogP contribution in [0.4, 0.5) is 10.1 Å². The molecular weight excluding hydrogens is 419 g/mol. The summed E-state index contributed by atoms with van der Waals surface area (Å²) in [5, 5.41) is 0. The molecule has 3 rings (SSSR count). The van der Waals surface area contributed by atoms with E-state index in [1.807, 2.05) is 19.9 Å². The zero-order valence-electron chi connectivity index (χ0n) is 18.2. The van der Waals surface area contributed by atoms with Crippen molar-refractivity contribution in [1.82, 2.24) is 4.90 Å². The normalized spacial score (nSPS) is 13.7. The lowest BCUT2D eigenvalue weighted by molar-refractivity contribution is 0.0724. The lowest BCUT2D eigenvalue weighted by Gasteiger charge is -2.26. The van der Waals surface area contributed by atoms with E-state index in [1.54, 1.807) is 29.2 Å². The van der Waals surface area contributed by atoms with Crippen LogP contribution < -0.4 is 9.08 Å². The van der Waals surface area contributed by atoms with Crippen LogP contribution in [0.25, 0.3) is 0 Å². The molecule has 0 aliphatic heterocycles. The first-order valence-corrected chi connectivity index (χ1v) is 12.2. The van der Waals surface area contributed by atoms with Crippen molar-refractivity contribution in [3.63, 3.8) is 0 Å². The average molecular weight is 449 g/mol. The van der Waals surface area contributed by atoms with Crippen LogP contribution in [0.5, 0.6) is 5.75 Å². The molecule has 8 heteroatoms. The molecule has 2 aromatic rings. The van der Waals surface area contributed by atoms with Crippen molar-refractivity contribution >= 4 is 21.7 Å². The molecule has 1 aliphatic rings. The number of benzene rings is 2. The summed E-state index contributed by atoms with van der Waals surface area (Å²) >= 11 is 0. The zero-order valence-corrected chi connectivity index (χ0v) is 19.0. The van der Waals surface area contributed by atoms with E-state index in [9.17, 15) is 17.6 Å². The van der Waals surface area contributed by atoms with Crippen LogP contribution in [-0.2, 0) is 16.7 Å². The SMILES string of the molecule is CCN(CC)c1ccc(CN(C(=O)c2ccccc2F)C2CC2)c(OS(=O)(=O)CC)c1. The van der Waals surface area contributed by atoms with Gasteiger partial charge < -0.3 is 14.0 Å². The Hall–Kier alpha value is -2.61. The number of nitrogens with zero attached hydrogens (tertiary/aromatic N) is 2. The Morgan fingerprint density at radius 3 is 2.35 bits per heavy atom. The molecule has 0 bridgehead atoms. The highest BCUT2D eigenvalue weighted by Crippen LogP contribution is 2.34. The molecule has 1 fully saturated rings. The molecule has 0 saturated heterocycles. The van der Waals surface area contributed by atoms with E-state index in [4.69, 9.17) is 4.18 Å². The van der Waals surface area contributed by atoms with E-state index in [0.29, 0.717) is 5.56 Å². The Morgan fingerprint density at radius 2 is 1.77 bits per heavy atom. The molecule has 0 spiro atoms. The maximum Gasteiger partial charge on any atom is 0.308 e. The van der Waals surface area contributed by atoms with E-state index in [2.05, 4.69) is 4.90 Å². The minimum absolute atomic E-state index is 0.00481. The summed E-state index contributed by atoms with van der Waals surface area (Å²) < 4.78 is 44.1. The number of hydrogen-bond acceptors (Lipinski definition) is 5. The van der Waals surface area contributed by atoms with Crippen molar-refractivity contribution in [3.8, 4) is 5.75 Å². The molecule has 1 amide bonds. The number of carbonyl (C=O) groups excluding carboxylic acids is 1. The van der Waals surface area contributed by atoms with Gasteiger partial charge >= 0.3 is 10.1 Å². The molecule has 1 saturated carbocycles. The summed E-state index contributed by atoms with van der Waals surface area (Å²) in [6.07, 6.45) is 1.67. The summed E-state index contributed by atoms with van der Waals surface area (Å²) in [7, 11) is -3.75. The van der Waals surface area contributed by atoms with Crippen LogP contribution in [0.2, 0.25) is 0 Å². The second-order valence-corrected chi connectivity index (χ2v) is 9.40. The summed E-state index contributed by atoms with van der Waals surface area (Å²) in [5.74, 6) is -0.932. The number of halogens is 1. The first-order valence-electron chi connectivity index (χ1n) is 10.6. The van der Waals surface area contributed by atoms with Crippen molar-refractivity contribution in [3.05, 3.63) is 59.4 Å². The monoisotopic (exact) mass is 448 g/mol. The fraction of sp³-hybridized carbons (Fsp3) is 0.435. The topological polar surface area (TPSA) is 66.9 Å². The summed E-state index contributed by atoms with van der Waals surface area (Å²) in [4.78, 5) is 16.8. The molecule has 0 radical (unpaired) electrons. The average Bonchev–Trinajstić information content (AvgIpc) is 3.59. The van der Waals surface area contributed by atoms with E-state index in [-0.39, 0.29) is 29.7 Å². The summed E-state index contributed by atoms with van der Waals surface area (Å²) in [6, 6.07) is 11.3. The van der Waals surface area contributed by atoms with E-state index < -0.39 is 21.8 Å². The van der Waals surface area contributed by atoms with Crippen molar-refractivity contribution in [2.75, 3.05) is 23.7 Å². The van der Waals surface area contributed by atoms with Gasteiger partial charge in [0.25, 0.3) is 5.91 Å². The van der Waals surface area contributed by atoms with Crippen LogP contribution >= 0.6 is 0 Å². The van der Waals surface area contributed by atoms with Gasteiger partial charge in [-0.1, -0.05) is 18.2 Å². The predicted octanol–water partition coefficient (Wildman–Crippen LogP) is 4.21. The van der Waals surface area contributed by atoms with Gasteiger partial charge in [-0.15, -0.1) is 0 Å². The van der Waals surface area contributed by atoms with Crippen LogP contribution in [0.1, 0.15) is 49.5 Å². The molecule has 6 nitrogen and oxygen atoms in total. The summed E-state index contributed by atoms with van der Waals surface area (Å²) in [6.45, 7) is 7.21. The molecule has 0 unspecified atom stereocenters. The van der Waals surface area contributed by atoms with E-state index in [1.165, 1.54) is 19.1 Å². The zero-order chi connectivity index (χ0) is 22.6. The lowest BCUT2D eigenvalue weighted by atomic mass is 10.1. The van der Waals surface area contributed by atoms with E-state index in [0.717, 1.165) is 31.6 Å². The van der Waals surface area contributed by atoms with Crippen molar-refractivity contribution < 1.29 is 21.8 Å². The van der Waals surface area contributed by atoms with Crippen LogP contribution in [0.15, 0.2) is 42.5 Å². The summed E-state index contributed by atoms with van der Waals surface area (Å²) in [5.41, 5.74) is 1.43. The lowest BCUT2D eigenvalue weighted by Crippen LogP contribution is -2.33. The van der Waals surface area contributed by atoms with Crippen LogP contribution in [0.3, 0.4) is 0 Å². The Morgan fingerprint density at radius 1 is 1.10 bits per heavy atom. The van der Waals surface area contributed by atoms with Crippen LogP contribution in [-0.4, -0.2) is 44.1 Å². The standard InChI is InChI=1S/C23H29FN2O4S/c1-4-25(5-2)19-12-11-17(22(15-19)30-31(28,29)6-3)16-26(18-13-14-18)23(27)20-9-7-8-10-21(20)24/h7-12,15,18H,4-6,13-14,16H2,1-3H3. The minimum Gasteiger partial charge on any atom is -0.382 e. The second kappa shape index (κ2) is 9.68. The quantitative estimate of drug-likeness (QED) is 0.510. The Kier molecular flexibility index (Phi) is 7.20. The van der Waals surface area contributed by atoms with E-state index >= 15 is 0 Å². The number of anilines is 1. The largest absolute Gasteiger partial charge is 0.382 e. The smallest absolute Gasteiger partial charge is 0.308 e. The van der Waals surface area contributed by atoms with Crippen LogP contribution in [0, 0.1) is 5.82 Å². The second-order valence-electron chi connectivity index (χ2n) is 7.54. The molecule has 1 aliphatic carbocycles. The van der Waals surface area contributed by atoms with Gasteiger partial charge in [-0.25, -0.2) is 4.39 Å². The van der Waals surface area contributed by atoms with Crippen molar-refractivity contribution in [2.24, 2.45) is 0 Å². The number of hydrogen-bond donors (Lipinski definition) is 0. The van der Waals surface area contributed by atoms with Gasteiger partial charge in [-0.05, 0) is 51.8 Å². The highest BCUT2D eigenvalue weighted by Gasteiger charge is 2.34. The molecule has 0 N–H and O–H groups in total. The molecule has 168 valence electrons. The molecule has 0 aromatic heterocycles. The minimum atomic E-state index is -3.75. The van der Waals surface area contributed by atoms with Gasteiger partial charge in [0, 0.05) is 43.0 Å². The fourth-order valence-corrected chi connectivity index (χ4v) is 4.00. The molecular formula is C23H29FN2O4S. The number of carbonyl (C=O) groups is 1. The van der Waals surface area contributed by atoms with Gasteiger partial charge in [0.15, 0.2) is 0 Å². The third-order valence-corrected chi connectivity index (χ3v) is 6.58. The first kappa shape index (κ1) is 23.1. The first-order chi connectivity index (χ1) is 14.8. The van der Waals surface area contributed by atoms with Crippen molar-refractivity contribution in [1.29, 1.82) is 0 Å². The molecule has 2 aromatic carbocycles. The molecule has 0 atom stereocenters. The maximum atomic E-state index is 14.2. The fourth-order valence-electron chi connectivity index (χ4n) is 3.46. The Bertz CT molecular complexity index is 1030. The predicted molar refractivity (Wildman–Crippen MR) is 119 cm³/mol. The molecule has 31 heavy (non-hydrogen) atoms. The van der Waals surface area contributed by atoms with Gasteiger partial charge in [0.2, 0.25) is 0 Å². The van der Waals surface area contributed by atoms with Gasteiger partial charge in [0.1, 0.15) is 11.6 Å². The third-order valence-electron chi connectivity index (χ3n) is 5.44. The number of amides is 1. The third kappa shape index (κ3) is 5.55. The molecule has 0 heterocycles. The van der Waals surface area contributed by atoms with Crippen molar-refractivity contribution in [2.45, 2.75) is 46.2 Å². The Balaban J connectivity index is 1.97. The maximum absolute atomic E-state index is 14.2. The Labute approximate surface area is 183 Å². The number of rotatable bonds is 10.